The lowest BCUT2D eigenvalue weighted by Crippen LogP contribution is -2.26. The number of likely N-dealkylation sites (N-methyl/N-ethyl adjacent to an activating group) is 1. The van der Waals surface area contributed by atoms with Crippen LogP contribution in [0.5, 0.6) is 0 Å². The Hall–Kier alpha value is -0.510. The molecule has 0 radical (unpaired) electrons. The van der Waals surface area contributed by atoms with Gasteiger partial charge in [-0.2, -0.15) is 0 Å². The van der Waals surface area contributed by atoms with E-state index in [1.807, 2.05) is 6.07 Å². The molecule has 0 aliphatic carbocycles. The van der Waals surface area contributed by atoms with Gasteiger partial charge in [-0.15, -0.1) is 0 Å². The van der Waals surface area contributed by atoms with Gasteiger partial charge in [-0.3, -0.25) is 4.72 Å². The smallest absolute Gasteiger partial charge is 0.0314 e. The fourth-order valence-electron chi connectivity index (χ4n) is 1.67. The zero-order valence-electron chi connectivity index (χ0n) is 8.44. The highest BCUT2D eigenvalue weighted by molar-refractivity contribution is 7.97. The Morgan fingerprint density at radius 1 is 1.36 bits per heavy atom. The van der Waals surface area contributed by atoms with Crippen LogP contribution in [0.15, 0.2) is 35.2 Å². The van der Waals surface area contributed by atoms with E-state index in [0.717, 1.165) is 0 Å². The van der Waals surface area contributed by atoms with Crippen molar-refractivity contribution in [2.75, 3.05) is 20.1 Å². The minimum Gasteiger partial charge on any atom is -0.305 e. The molecule has 0 saturated carbocycles. The van der Waals surface area contributed by atoms with Gasteiger partial charge in [-0.1, -0.05) is 18.2 Å². The summed E-state index contributed by atoms with van der Waals surface area (Å²) in [7, 11) is 2.18. The molecule has 1 aliphatic rings. The molecule has 1 fully saturated rings. The van der Waals surface area contributed by atoms with Crippen molar-refractivity contribution in [1.29, 1.82) is 0 Å². The van der Waals surface area contributed by atoms with E-state index in [9.17, 15) is 0 Å². The van der Waals surface area contributed by atoms with Gasteiger partial charge in [-0.05, 0) is 44.1 Å². The quantitative estimate of drug-likeness (QED) is 0.765. The Balaban J connectivity index is 1.78. The van der Waals surface area contributed by atoms with Crippen LogP contribution in [0.25, 0.3) is 0 Å². The van der Waals surface area contributed by atoms with Crippen molar-refractivity contribution in [2.45, 2.75) is 17.4 Å². The highest BCUT2D eigenvalue weighted by atomic mass is 32.2. The van der Waals surface area contributed by atoms with Crippen molar-refractivity contribution in [3.05, 3.63) is 30.3 Å². The Morgan fingerprint density at radius 3 is 2.79 bits per heavy atom. The molecular weight excluding hydrogens is 192 g/mol. The minimum absolute atomic E-state index is 0.644. The molecule has 0 spiro atoms. The molecule has 1 unspecified atom stereocenters. The van der Waals surface area contributed by atoms with E-state index < -0.39 is 0 Å². The first-order chi connectivity index (χ1) is 6.84. The summed E-state index contributed by atoms with van der Waals surface area (Å²) in [6, 6.07) is 11.1. The van der Waals surface area contributed by atoms with Gasteiger partial charge >= 0.3 is 0 Å². The van der Waals surface area contributed by atoms with Crippen LogP contribution in [0.4, 0.5) is 0 Å². The lowest BCUT2D eigenvalue weighted by atomic mass is 10.3. The van der Waals surface area contributed by atoms with Gasteiger partial charge in [0.25, 0.3) is 0 Å². The molecule has 14 heavy (non-hydrogen) atoms. The fourth-order valence-corrected chi connectivity index (χ4v) is 2.46. The van der Waals surface area contributed by atoms with Gasteiger partial charge in [0.2, 0.25) is 0 Å². The lowest BCUT2D eigenvalue weighted by Gasteiger charge is -2.11. The fraction of sp³-hybridized carbons (Fsp3) is 0.455. The molecule has 0 amide bonds. The third-order valence-electron chi connectivity index (χ3n) is 2.48. The monoisotopic (exact) mass is 208 g/mol. The summed E-state index contributed by atoms with van der Waals surface area (Å²) in [6.45, 7) is 2.38. The molecular formula is C11H16N2S. The number of nitrogens with one attached hydrogen (secondary N) is 1. The summed E-state index contributed by atoms with van der Waals surface area (Å²) >= 11 is 1.74. The maximum absolute atomic E-state index is 3.50. The zero-order valence-corrected chi connectivity index (χ0v) is 9.26. The Morgan fingerprint density at radius 2 is 2.14 bits per heavy atom. The molecule has 0 aromatic heterocycles. The standard InChI is InChI=1S/C11H16N2S/c1-13-8-7-10(9-13)12-14-11-5-3-2-4-6-11/h2-6,10,12H,7-9H2,1H3. The van der Waals surface area contributed by atoms with Crippen LogP contribution in [-0.4, -0.2) is 31.1 Å². The van der Waals surface area contributed by atoms with Crippen LogP contribution < -0.4 is 4.72 Å². The first-order valence-electron chi connectivity index (χ1n) is 5.00. The molecule has 1 heterocycles. The molecule has 1 aromatic carbocycles. The highest BCUT2D eigenvalue weighted by Crippen LogP contribution is 2.17. The van der Waals surface area contributed by atoms with Gasteiger partial charge in [0, 0.05) is 17.5 Å². The molecule has 2 nitrogen and oxygen atoms in total. The van der Waals surface area contributed by atoms with Crippen LogP contribution in [-0.2, 0) is 0 Å². The van der Waals surface area contributed by atoms with Crippen LogP contribution in [0.3, 0.4) is 0 Å². The van der Waals surface area contributed by atoms with Crippen molar-refractivity contribution in [1.82, 2.24) is 9.62 Å². The van der Waals surface area contributed by atoms with E-state index in [-0.39, 0.29) is 0 Å². The molecule has 3 heteroatoms. The Labute approximate surface area is 89.8 Å². The van der Waals surface area contributed by atoms with E-state index >= 15 is 0 Å². The number of hydrogen-bond acceptors (Lipinski definition) is 3. The maximum atomic E-state index is 3.50. The third kappa shape index (κ3) is 2.74. The molecule has 0 bridgehead atoms. The lowest BCUT2D eigenvalue weighted by molar-refractivity contribution is 0.409. The molecule has 1 N–H and O–H groups in total. The average Bonchev–Trinajstić information content (AvgIpc) is 2.63. The van der Waals surface area contributed by atoms with E-state index in [4.69, 9.17) is 0 Å². The second-order valence-corrected chi connectivity index (χ2v) is 4.69. The number of benzene rings is 1. The molecule has 76 valence electrons. The van der Waals surface area contributed by atoms with Crippen molar-refractivity contribution >= 4 is 11.9 Å². The normalized spacial score (nSPS) is 22.8. The zero-order chi connectivity index (χ0) is 9.80. The number of hydrogen-bond donors (Lipinski definition) is 1. The Kier molecular flexibility index (Phi) is 3.45. The largest absolute Gasteiger partial charge is 0.305 e. The number of nitrogens with zero attached hydrogens (tertiary/aromatic N) is 1. The molecule has 1 aliphatic heterocycles. The number of rotatable bonds is 3. The van der Waals surface area contributed by atoms with Crippen LogP contribution in [0, 0.1) is 0 Å². The van der Waals surface area contributed by atoms with E-state index in [2.05, 4.69) is 40.9 Å². The van der Waals surface area contributed by atoms with Crippen molar-refractivity contribution < 1.29 is 0 Å². The molecule has 1 aromatic rings. The van der Waals surface area contributed by atoms with Crippen molar-refractivity contribution in [3.63, 3.8) is 0 Å². The summed E-state index contributed by atoms with van der Waals surface area (Å²) in [5, 5.41) is 0. The second kappa shape index (κ2) is 4.82. The van der Waals surface area contributed by atoms with Gasteiger partial charge in [0.1, 0.15) is 0 Å². The number of likely N-dealkylation sites (tertiary alicyclic amines) is 1. The van der Waals surface area contributed by atoms with Crippen LogP contribution in [0.2, 0.25) is 0 Å². The van der Waals surface area contributed by atoms with E-state index in [1.165, 1.54) is 24.4 Å². The van der Waals surface area contributed by atoms with Crippen LogP contribution in [0.1, 0.15) is 6.42 Å². The topological polar surface area (TPSA) is 15.3 Å². The molecule has 1 atom stereocenters. The third-order valence-corrected chi connectivity index (χ3v) is 3.44. The summed E-state index contributed by atoms with van der Waals surface area (Å²) in [4.78, 5) is 3.66. The van der Waals surface area contributed by atoms with Gasteiger partial charge < -0.3 is 4.90 Å². The van der Waals surface area contributed by atoms with E-state index in [0.29, 0.717) is 6.04 Å². The predicted molar refractivity (Wildman–Crippen MR) is 61.3 cm³/mol. The SMILES string of the molecule is CN1CCC(NSc2ccccc2)C1. The maximum Gasteiger partial charge on any atom is 0.0314 e. The first kappa shape index (κ1) is 10.0. The summed E-state index contributed by atoms with van der Waals surface area (Å²) in [5.74, 6) is 0. The molecule has 1 saturated heterocycles. The molecule has 2 rings (SSSR count). The second-order valence-electron chi connectivity index (χ2n) is 3.78. The summed E-state index contributed by atoms with van der Waals surface area (Å²) < 4.78 is 3.50. The highest BCUT2D eigenvalue weighted by Gasteiger charge is 2.18. The predicted octanol–water partition coefficient (Wildman–Crippen LogP) is 1.99. The van der Waals surface area contributed by atoms with Crippen molar-refractivity contribution in [3.8, 4) is 0 Å². The van der Waals surface area contributed by atoms with Gasteiger partial charge in [0.05, 0.1) is 0 Å². The van der Waals surface area contributed by atoms with E-state index in [1.54, 1.807) is 11.9 Å². The first-order valence-corrected chi connectivity index (χ1v) is 5.82. The minimum atomic E-state index is 0.644. The Bertz CT molecular complexity index is 276. The average molecular weight is 208 g/mol. The summed E-state index contributed by atoms with van der Waals surface area (Å²) in [5.41, 5.74) is 0. The van der Waals surface area contributed by atoms with Gasteiger partial charge in [-0.25, -0.2) is 0 Å². The van der Waals surface area contributed by atoms with Crippen LogP contribution >= 0.6 is 11.9 Å². The van der Waals surface area contributed by atoms with Gasteiger partial charge in [0.15, 0.2) is 0 Å². The van der Waals surface area contributed by atoms with Crippen molar-refractivity contribution in [2.24, 2.45) is 0 Å². The summed E-state index contributed by atoms with van der Waals surface area (Å²) in [6.07, 6.45) is 1.26.